The lowest BCUT2D eigenvalue weighted by atomic mass is 9.99. The maximum absolute atomic E-state index is 12.1. The molecule has 0 radical (unpaired) electrons. The van der Waals surface area contributed by atoms with E-state index < -0.39 is 0 Å². The molecule has 24 heavy (non-hydrogen) atoms. The van der Waals surface area contributed by atoms with Crippen LogP contribution in [-0.2, 0) is 11.3 Å². The number of rotatable bonds is 5. The van der Waals surface area contributed by atoms with Crippen molar-refractivity contribution in [1.29, 1.82) is 0 Å². The molecule has 0 bridgehead atoms. The Bertz CT molecular complexity index is 651. The summed E-state index contributed by atoms with van der Waals surface area (Å²) in [5.41, 5.74) is 1.80. The van der Waals surface area contributed by atoms with Gasteiger partial charge in [-0.05, 0) is 49.7 Å². The van der Waals surface area contributed by atoms with E-state index in [-0.39, 0.29) is 24.2 Å². The van der Waals surface area contributed by atoms with Crippen LogP contribution < -0.4 is 15.4 Å². The number of piperidine rings is 1. The van der Waals surface area contributed by atoms with Crippen molar-refractivity contribution in [2.45, 2.75) is 19.4 Å². The van der Waals surface area contributed by atoms with Crippen molar-refractivity contribution in [3.63, 3.8) is 0 Å². The van der Waals surface area contributed by atoms with E-state index in [1.165, 1.54) is 0 Å². The average Bonchev–Trinajstić information content (AvgIpc) is 3.09. The van der Waals surface area contributed by atoms with Gasteiger partial charge in [-0.1, -0.05) is 0 Å². The van der Waals surface area contributed by atoms with Crippen LogP contribution in [0.5, 0.6) is 5.75 Å². The molecule has 6 nitrogen and oxygen atoms in total. The summed E-state index contributed by atoms with van der Waals surface area (Å²) in [5, 5.41) is 10.7. The van der Waals surface area contributed by atoms with Gasteiger partial charge in [0.05, 0.1) is 31.0 Å². The van der Waals surface area contributed by atoms with E-state index in [0.29, 0.717) is 6.54 Å². The fourth-order valence-electron chi connectivity index (χ4n) is 2.73. The topological polar surface area (TPSA) is 68.2 Å². The number of ether oxygens (including phenoxy) is 1. The number of amides is 1. The molecule has 2 N–H and O–H groups in total. The third-order valence-electron chi connectivity index (χ3n) is 4.09. The molecule has 1 amide bonds. The number of hydrogen-bond donors (Lipinski definition) is 2. The van der Waals surface area contributed by atoms with E-state index >= 15 is 0 Å². The Balaban J connectivity index is 0.00000208. The molecule has 2 aromatic rings. The highest BCUT2D eigenvalue weighted by Gasteiger charge is 2.20. The number of benzene rings is 1. The van der Waals surface area contributed by atoms with Gasteiger partial charge in [-0.2, -0.15) is 5.10 Å². The number of halogens is 1. The summed E-state index contributed by atoms with van der Waals surface area (Å²) in [5.74, 6) is 0.998. The van der Waals surface area contributed by atoms with E-state index in [1.807, 2.05) is 36.5 Å². The number of nitrogens with zero attached hydrogens (tertiary/aromatic N) is 2. The Kier molecular flexibility index (Phi) is 6.63. The van der Waals surface area contributed by atoms with Crippen LogP contribution in [-0.4, -0.2) is 35.9 Å². The summed E-state index contributed by atoms with van der Waals surface area (Å²) in [6.45, 7) is 2.24. The molecule has 0 aliphatic carbocycles. The van der Waals surface area contributed by atoms with Crippen LogP contribution in [0.3, 0.4) is 0 Å². The third-order valence-corrected chi connectivity index (χ3v) is 4.09. The second kappa shape index (κ2) is 8.70. The monoisotopic (exact) mass is 350 g/mol. The molecule has 2 heterocycles. The molecular formula is C17H23ClN4O2. The SMILES string of the molecule is COc1ccc(-n2ccc(CNC(=O)C3CCCNC3)n2)cc1.Cl. The zero-order valence-electron chi connectivity index (χ0n) is 13.7. The molecule has 1 fully saturated rings. The summed E-state index contributed by atoms with van der Waals surface area (Å²) in [6, 6.07) is 9.61. The molecule has 1 aliphatic heterocycles. The first kappa shape index (κ1) is 18.3. The lowest BCUT2D eigenvalue weighted by molar-refractivity contribution is -0.125. The Morgan fingerprint density at radius 3 is 2.83 bits per heavy atom. The van der Waals surface area contributed by atoms with Crippen LogP contribution in [0.15, 0.2) is 36.5 Å². The molecule has 1 aliphatic rings. The number of carbonyl (C=O) groups is 1. The first-order valence-electron chi connectivity index (χ1n) is 7.93. The highest BCUT2D eigenvalue weighted by atomic mass is 35.5. The van der Waals surface area contributed by atoms with Crippen molar-refractivity contribution >= 4 is 18.3 Å². The standard InChI is InChI=1S/C17H22N4O2.ClH/c1-23-16-6-4-15(5-7-16)21-10-8-14(20-21)12-19-17(22)13-3-2-9-18-11-13;/h4-8,10,13,18H,2-3,9,11-12H2,1H3,(H,19,22);1H. The molecule has 7 heteroatoms. The third kappa shape index (κ3) is 4.49. The predicted molar refractivity (Wildman–Crippen MR) is 94.8 cm³/mol. The van der Waals surface area contributed by atoms with E-state index in [4.69, 9.17) is 4.74 Å². The van der Waals surface area contributed by atoms with Crippen molar-refractivity contribution in [2.24, 2.45) is 5.92 Å². The summed E-state index contributed by atoms with van der Waals surface area (Å²) in [4.78, 5) is 12.1. The summed E-state index contributed by atoms with van der Waals surface area (Å²) in [6.07, 6.45) is 3.91. The number of nitrogens with one attached hydrogen (secondary N) is 2. The zero-order valence-corrected chi connectivity index (χ0v) is 14.5. The molecular weight excluding hydrogens is 328 g/mol. The highest BCUT2D eigenvalue weighted by molar-refractivity contribution is 5.85. The largest absolute Gasteiger partial charge is 0.497 e. The second-order valence-electron chi connectivity index (χ2n) is 5.71. The molecule has 130 valence electrons. The molecule has 1 saturated heterocycles. The van der Waals surface area contributed by atoms with Gasteiger partial charge in [0.25, 0.3) is 0 Å². The Labute approximate surface area is 148 Å². The molecule has 1 aromatic heterocycles. The van der Waals surface area contributed by atoms with Crippen LogP contribution in [0, 0.1) is 5.92 Å². The molecule has 1 aromatic carbocycles. The Morgan fingerprint density at radius 1 is 1.38 bits per heavy atom. The van der Waals surface area contributed by atoms with Gasteiger partial charge in [0.2, 0.25) is 5.91 Å². The van der Waals surface area contributed by atoms with E-state index in [0.717, 1.165) is 43.1 Å². The van der Waals surface area contributed by atoms with Crippen LogP contribution in [0.25, 0.3) is 5.69 Å². The Morgan fingerprint density at radius 2 is 2.17 bits per heavy atom. The van der Waals surface area contributed by atoms with Crippen LogP contribution >= 0.6 is 12.4 Å². The van der Waals surface area contributed by atoms with Gasteiger partial charge in [0, 0.05) is 12.7 Å². The summed E-state index contributed by atoms with van der Waals surface area (Å²) in [7, 11) is 1.64. The van der Waals surface area contributed by atoms with Crippen molar-refractivity contribution in [3.8, 4) is 11.4 Å². The average molecular weight is 351 g/mol. The first-order chi connectivity index (χ1) is 11.3. The number of aromatic nitrogens is 2. The minimum Gasteiger partial charge on any atom is -0.497 e. The van der Waals surface area contributed by atoms with Gasteiger partial charge in [-0.25, -0.2) is 4.68 Å². The van der Waals surface area contributed by atoms with Crippen molar-refractivity contribution in [3.05, 3.63) is 42.2 Å². The first-order valence-corrected chi connectivity index (χ1v) is 7.93. The van der Waals surface area contributed by atoms with Crippen molar-refractivity contribution in [2.75, 3.05) is 20.2 Å². The fraction of sp³-hybridized carbons (Fsp3) is 0.412. The highest BCUT2D eigenvalue weighted by Crippen LogP contribution is 2.15. The molecule has 1 atom stereocenters. The number of methoxy groups -OCH3 is 1. The van der Waals surface area contributed by atoms with Gasteiger partial charge in [0.1, 0.15) is 5.75 Å². The maximum atomic E-state index is 12.1. The summed E-state index contributed by atoms with van der Waals surface area (Å²) >= 11 is 0. The van der Waals surface area contributed by atoms with Gasteiger partial charge in [-0.15, -0.1) is 12.4 Å². The van der Waals surface area contributed by atoms with Gasteiger partial charge in [0.15, 0.2) is 0 Å². The van der Waals surface area contributed by atoms with E-state index in [2.05, 4.69) is 15.7 Å². The Hall–Kier alpha value is -2.05. The van der Waals surface area contributed by atoms with Crippen molar-refractivity contribution in [1.82, 2.24) is 20.4 Å². The quantitative estimate of drug-likeness (QED) is 0.864. The lowest BCUT2D eigenvalue weighted by Crippen LogP contribution is -2.40. The van der Waals surface area contributed by atoms with Gasteiger partial charge in [-0.3, -0.25) is 4.79 Å². The number of carbonyl (C=O) groups excluding carboxylic acids is 1. The van der Waals surface area contributed by atoms with E-state index in [1.54, 1.807) is 11.8 Å². The molecule has 0 spiro atoms. The molecule has 3 rings (SSSR count). The van der Waals surface area contributed by atoms with Crippen molar-refractivity contribution < 1.29 is 9.53 Å². The van der Waals surface area contributed by atoms with Gasteiger partial charge < -0.3 is 15.4 Å². The second-order valence-corrected chi connectivity index (χ2v) is 5.71. The normalized spacial score (nSPS) is 17.0. The van der Waals surface area contributed by atoms with Crippen LogP contribution in [0.2, 0.25) is 0 Å². The minimum absolute atomic E-state index is 0. The number of hydrogen-bond acceptors (Lipinski definition) is 4. The minimum atomic E-state index is 0. The molecule has 1 unspecified atom stereocenters. The molecule has 0 saturated carbocycles. The lowest BCUT2D eigenvalue weighted by Gasteiger charge is -2.21. The van der Waals surface area contributed by atoms with Crippen LogP contribution in [0.1, 0.15) is 18.5 Å². The smallest absolute Gasteiger partial charge is 0.224 e. The summed E-state index contributed by atoms with van der Waals surface area (Å²) < 4.78 is 6.95. The zero-order chi connectivity index (χ0) is 16.1. The fourth-order valence-corrected chi connectivity index (χ4v) is 2.73. The van der Waals surface area contributed by atoms with Gasteiger partial charge >= 0.3 is 0 Å². The maximum Gasteiger partial charge on any atom is 0.224 e. The predicted octanol–water partition coefficient (Wildman–Crippen LogP) is 1.92. The van der Waals surface area contributed by atoms with E-state index in [9.17, 15) is 4.79 Å². The van der Waals surface area contributed by atoms with Crippen LogP contribution in [0.4, 0.5) is 0 Å².